The minimum absolute atomic E-state index is 0.201. The largest absolute Gasteiger partial charge is 0.426 e. The maximum absolute atomic E-state index is 11.3. The van der Waals surface area contributed by atoms with Crippen LogP contribution in [0.3, 0.4) is 0 Å². The van der Waals surface area contributed by atoms with Crippen molar-refractivity contribution in [3.8, 4) is 5.75 Å². The number of benzene rings is 1. The molecule has 0 radical (unpaired) electrons. The van der Waals surface area contributed by atoms with Crippen molar-refractivity contribution < 1.29 is 9.53 Å². The number of anilines is 1. The molecule has 1 aromatic carbocycles. The van der Waals surface area contributed by atoms with E-state index in [1.807, 2.05) is 12.1 Å². The zero-order valence-electron chi connectivity index (χ0n) is 10.6. The topological polar surface area (TPSA) is 29.5 Å². The SMILES string of the molecule is C=CCC(=O)Oc1ccc(N(CCCl)CCCl)cc1. The normalized spacial score (nSPS) is 10.0. The van der Waals surface area contributed by atoms with E-state index in [0.29, 0.717) is 17.5 Å². The molecule has 1 rings (SSSR count). The number of rotatable bonds is 8. The summed E-state index contributed by atoms with van der Waals surface area (Å²) in [4.78, 5) is 13.4. The van der Waals surface area contributed by atoms with Gasteiger partial charge in [-0.25, -0.2) is 0 Å². The molecule has 0 aliphatic heterocycles. The van der Waals surface area contributed by atoms with Crippen LogP contribution < -0.4 is 9.64 Å². The number of nitrogens with zero attached hydrogens (tertiary/aromatic N) is 1. The molecule has 0 aliphatic rings. The number of carbonyl (C=O) groups excluding carboxylic acids is 1. The van der Waals surface area contributed by atoms with Crippen LogP contribution in [0.15, 0.2) is 36.9 Å². The van der Waals surface area contributed by atoms with E-state index in [2.05, 4.69) is 11.5 Å². The molecule has 0 aromatic heterocycles. The first kappa shape index (κ1) is 15.9. The molecule has 0 bridgehead atoms. The first-order valence-corrected chi connectivity index (χ1v) is 7.06. The number of alkyl halides is 2. The highest BCUT2D eigenvalue weighted by Crippen LogP contribution is 2.20. The number of hydrogen-bond acceptors (Lipinski definition) is 3. The Hall–Kier alpha value is -1.19. The maximum atomic E-state index is 11.3. The Bertz CT molecular complexity index is 400. The van der Waals surface area contributed by atoms with Crippen LogP contribution in [0.5, 0.6) is 5.75 Å². The third-order valence-electron chi connectivity index (χ3n) is 2.45. The van der Waals surface area contributed by atoms with Crippen molar-refractivity contribution in [2.75, 3.05) is 29.7 Å². The second kappa shape index (κ2) is 8.83. The van der Waals surface area contributed by atoms with E-state index in [9.17, 15) is 4.79 Å². The molecule has 1 aromatic rings. The lowest BCUT2D eigenvalue weighted by Crippen LogP contribution is -2.27. The smallest absolute Gasteiger partial charge is 0.315 e. The van der Waals surface area contributed by atoms with Gasteiger partial charge in [0.2, 0.25) is 0 Å². The number of ether oxygens (including phenoxy) is 1. The third kappa shape index (κ3) is 5.53. The second-order valence-corrected chi connectivity index (χ2v) is 4.58. The summed E-state index contributed by atoms with van der Waals surface area (Å²) in [6.45, 7) is 4.94. The fraction of sp³-hybridized carbons (Fsp3) is 0.357. The molecule has 0 aliphatic carbocycles. The Balaban J connectivity index is 2.68. The Morgan fingerprint density at radius 3 is 2.26 bits per heavy atom. The fourth-order valence-corrected chi connectivity index (χ4v) is 2.00. The summed E-state index contributed by atoms with van der Waals surface area (Å²) in [5.74, 6) is 1.27. The lowest BCUT2D eigenvalue weighted by molar-refractivity contribution is -0.133. The van der Waals surface area contributed by atoms with E-state index in [1.54, 1.807) is 12.1 Å². The van der Waals surface area contributed by atoms with Crippen LogP contribution in [0.25, 0.3) is 0 Å². The minimum atomic E-state index is -0.318. The van der Waals surface area contributed by atoms with Gasteiger partial charge in [-0.1, -0.05) is 6.08 Å². The maximum Gasteiger partial charge on any atom is 0.315 e. The van der Waals surface area contributed by atoms with Crippen molar-refractivity contribution in [2.45, 2.75) is 6.42 Å². The van der Waals surface area contributed by atoms with E-state index in [-0.39, 0.29) is 12.4 Å². The second-order valence-electron chi connectivity index (χ2n) is 3.83. The summed E-state index contributed by atoms with van der Waals surface area (Å²) >= 11 is 11.5. The van der Waals surface area contributed by atoms with E-state index >= 15 is 0 Å². The quantitative estimate of drug-likeness (QED) is 0.319. The summed E-state index contributed by atoms with van der Waals surface area (Å²) in [5.41, 5.74) is 1.00. The molecule has 0 N–H and O–H groups in total. The minimum Gasteiger partial charge on any atom is -0.426 e. The van der Waals surface area contributed by atoms with Gasteiger partial charge in [-0.3, -0.25) is 4.79 Å². The van der Waals surface area contributed by atoms with Gasteiger partial charge in [0.15, 0.2) is 0 Å². The van der Waals surface area contributed by atoms with Crippen molar-refractivity contribution in [3.05, 3.63) is 36.9 Å². The average Bonchev–Trinajstić information content (AvgIpc) is 2.40. The Morgan fingerprint density at radius 1 is 1.21 bits per heavy atom. The molecule has 19 heavy (non-hydrogen) atoms. The van der Waals surface area contributed by atoms with E-state index in [0.717, 1.165) is 18.8 Å². The molecule has 0 unspecified atom stereocenters. The Kier molecular flexibility index (Phi) is 7.38. The van der Waals surface area contributed by atoms with Crippen molar-refractivity contribution in [1.29, 1.82) is 0 Å². The number of esters is 1. The van der Waals surface area contributed by atoms with Gasteiger partial charge in [-0.2, -0.15) is 0 Å². The van der Waals surface area contributed by atoms with E-state index in [1.165, 1.54) is 6.08 Å². The van der Waals surface area contributed by atoms with Crippen molar-refractivity contribution in [1.82, 2.24) is 0 Å². The lowest BCUT2D eigenvalue weighted by atomic mass is 10.2. The highest BCUT2D eigenvalue weighted by atomic mass is 35.5. The van der Waals surface area contributed by atoms with Crippen LogP contribution in [0.4, 0.5) is 5.69 Å². The van der Waals surface area contributed by atoms with Gasteiger partial charge in [0.25, 0.3) is 0 Å². The molecule has 0 fully saturated rings. The predicted octanol–water partition coefficient (Wildman–Crippen LogP) is 3.45. The van der Waals surface area contributed by atoms with Crippen LogP contribution in [0.2, 0.25) is 0 Å². The molecule has 0 amide bonds. The zero-order chi connectivity index (χ0) is 14.1. The van der Waals surface area contributed by atoms with Crippen LogP contribution in [-0.4, -0.2) is 30.8 Å². The van der Waals surface area contributed by atoms with Crippen molar-refractivity contribution >= 4 is 34.9 Å². The van der Waals surface area contributed by atoms with Gasteiger partial charge in [0, 0.05) is 30.5 Å². The fourth-order valence-electron chi connectivity index (χ4n) is 1.59. The molecule has 0 saturated carbocycles. The third-order valence-corrected chi connectivity index (χ3v) is 2.79. The molecular formula is C14H17Cl2NO2. The highest BCUT2D eigenvalue weighted by Gasteiger charge is 2.07. The summed E-state index contributed by atoms with van der Waals surface area (Å²) < 4.78 is 5.13. The first-order valence-electron chi connectivity index (χ1n) is 5.99. The number of halogens is 2. The molecular weight excluding hydrogens is 285 g/mol. The average molecular weight is 302 g/mol. The monoisotopic (exact) mass is 301 g/mol. The van der Waals surface area contributed by atoms with Crippen LogP contribution in [-0.2, 0) is 4.79 Å². The van der Waals surface area contributed by atoms with Gasteiger partial charge in [0.05, 0.1) is 6.42 Å². The van der Waals surface area contributed by atoms with Crippen LogP contribution in [0, 0.1) is 0 Å². The van der Waals surface area contributed by atoms with Gasteiger partial charge in [-0.15, -0.1) is 29.8 Å². The zero-order valence-corrected chi connectivity index (χ0v) is 12.2. The van der Waals surface area contributed by atoms with E-state index < -0.39 is 0 Å². The molecule has 104 valence electrons. The van der Waals surface area contributed by atoms with Crippen LogP contribution >= 0.6 is 23.2 Å². The summed E-state index contributed by atoms with van der Waals surface area (Å²) in [6.07, 6.45) is 1.71. The lowest BCUT2D eigenvalue weighted by Gasteiger charge is -2.22. The standard InChI is InChI=1S/C14H17Cl2NO2/c1-2-3-14(18)19-13-6-4-12(5-7-13)17(10-8-15)11-9-16/h2,4-7H,1,3,8-11H2. The summed E-state index contributed by atoms with van der Waals surface area (Å²) in [5, 5.41) is 0. The summed E-state index contributed by atoms with van der Waals surface area (Å²) in [6, 6.07) is 7.28. The molecule has 0 heterocycles. The van der Waals surface area contributed by atoms with Gasteiger partial charge in [-0.05, 0) is 24.3 Å². The highest BCUT2D eigenvalue weighted by molar-refractivity contribution is 6.18. The molecule has 0 saturated heterocycles. The molecule has 3 nitrogen and oxygen atoms in total. The predicted molar refractivity (Wildman–Crippen MR) is 80.5 cm³/mol. The summed E-state index contributed by atoms with van der Waals surface area (Å²) in [7, 11) is 0. The van der Waals surface area contributed by atoms with Gasteiger partial charge in [0.1, 0.15) is 5.75 Å². The van der Waals surface area contributed by atoms with Gasteiger partial charge >= 0.3 is 5.97 Å². The molecule has 0 atom stereocenters. The van der Waals surface area contributed by atoms with E-state index in [4.69, 9.17) is 27.9 Å². The molecule has 5 heteroatoms. The molecule has 0 spiro atoms. The Morgan fingerprint density at radius 2 is 1.79 bits per heavy atom. The van der Waals surface area contributed by atoms with Crippen molar-refractivity contribution in [3.63, 3.8) is 0 Å². The van der Waals surface area contributed by atoms with Crippen LogP contribution in [0.1, 0.15) is 6.42 Å². The Labute approximate surface area is 123 Å². The number of carbonyl (C=O) groups is 1. The van der Waals surface area contributed by atoms with Crippen molar-refractivity contribution in [2.24, 2.45) is 0 Å². The number of hydrogen-bond donors (Lipinski definition) is 0. The first-order chi connectivity index (χ1) is 9.21. The van der Waals surface area contributed by atoms with Gasteiger partial charge < -0.3 is 9.64 Å².